The number of Topliss-reactive ketones (excluding diaryl/α,β-unsaturated/α-hetero) is 1. The molecule has 5 heteroatoms. The Morgan fingerprint density at radius 3 is 2.56 bits per heavy atom. The number of carbonyl (C=O) groups is 1. The van der Waals surface area contributed by atoms with Gasteiger partial charge in [0.2, 0.25) is 0 Å². The van der Waals surface area contributed by atoms with E-state index in [-0.39, 0.29) is 18.0 Å². The Morgan fingerprint density at radius 2 is 1.94 bits per heavy atom. The minimum absolute atomic E-state index is 0.130. The SMILES string of the molecule is O=C(Cc1cc(F)cc(Br)c1)c1ccc(Br)cn1. The van der Waals surface area contributed by atoms with Crippen LogP contribution in [0.3, 0.4) is 0 Å². The third-order valence-corrected chi connectivity index (χ3v) is 3.23. The summed E-state index contributed by atoms with van der Waals surface area (Å²) in [5, 5.41) is 0. The van der Waals surface area contributed by atoms with Crippen LogP contribution in [-0.4, -0.2) is 10.8 Å². The molecule has 2 nitrogen and oxygen atoms in total. The lowest BCUT2D eigenvalue weighted by atomic mass is 10.1. The highest BCUT2D eigenvalue weighted by atomic mass is 79.9. The molecular weight excluding hydrogens is 365 g/mol. The standard InChI is InChI=1S/C13H8Br2FNO/c14-9-1-2-12(17-7-9)13(18)5-8-3-10(15)6-11(16)4-8/h1-4,6-7H,5H2. The van der Waals surface area contributed by atoms with Crippen molar-refractivity contribution in [2.75, 3.05) is 0 Å². The maximum Gasteiger partial charge on any atom is 0.185 e. The fourth-order valence-corrected chi connectivity index (χ4v) is 2.28. The van der Waals surface area contributed by atoms with Crippen molar-refractivity contribution in [1.82, 2.24) is 4.98 Å². The van der Waals surface area contributed by atoms with Crippen molar-refractivity contribution in [2.45, 2.75) is 6.42 Å². The highest BCUT2D eigenvalue weighted by Gasteiger charge is 2.09. The zero-order valence-electron chi connectivity index (χ0n) is 9.16. The molecule has 0 aliphatic carbocycles. The van der Waals surface area contributed by atoms with E-state index in [2.05, 4.69) is 36.8 Å². The van der Waals surface area contributed by atoms with Gasteiger partial charge in [-0.1, -0.05) is 15.9 Å². The molecule has 0 unspecified atom stereocenters. The van der Waals surface area contributed by atoms with Gasteiger partial charge in [-0.2, -0.15) is 0 Å². The van der Waals surface area contributed by atoms with E-state index in [1.165, 1.54) is 12.1 Å². The van der Waals surface area contributed by atoms with Crippen LogP contribution in [0.15, 0.2) is 45.5 Å². The van der Waals surface area contributed by atoms with Gasteiger partial charge in [0.25, 0.3) is 0 Å². The number of rotatable bonds is 3. The highest BCUT2D eigenvalue weighted by Crippen LogP contribution is 2.17. The summed E-state index contributed by atoms with van der Waals surface area (Å²) >= 11 is 6.45. The maximum absolute atomic E-state index is 13.2. The molecule has 0 atom stereocenters. The number of hydrogen-bond donors (Lipinski definition) is 0. The highest BCUT2D eigenvalue weighted by molar-refractivity contribution is 9.10. The smallest absolute Gasteiger partial charge is 0.185 e. The number of hydrogen-bond acceptors (Lipinski definition) is 2. The van der Waals surface area contributed by atoms with Gasteiger partial charge in [-0.3, -0.25) is 9.78 Å². The van der Waals surface area contributed by atoms with Gasteiger partial charge in [0.1, 0.15) is 11.5 Å². The van der Waals surface area contributed by atoms with Crippen LogP contribution in [0.5, 0.6) is 0 Å². The average Bonchev–Trinajstić information content (AvgIpc) is 2.28. The summed E-state index contributed by atoms with van der Waals surface area (Å²) < 4.78 is 14.6. The third-order valence-electron chi connectivity index (χ3n) is 2.30. The van der Waals surface area contributed by atoms with Gasteiger partial charge >= 0.3 is 0 Å². The van der Waals surface area contributed by atoms with Crippen molar-refractivity contribution >= 4 is 37.6 Å². The molecule has 0 aliphatic heterocycles. The van der Waals surface area contributed by atoms with E-state index in [1.807, 2.05) is 0 Å². The molecule has 0 saturated carbocycles. The molecule has 1 aromatic carbocycles. The molecule has 1 heterocycles. The molecule has 1 aromatic heterocycles. The van der Waals surface area contributed by atoms with Gasteiger partial charge < -0.3 is 0 Å². The predicted octanol–water partition coefficient (Wildman–Crippen LogP) is 4.17. The maximum atomic E-state index is 13.2. The first-order valence-electron chi connectivity index (χ1n) is 5.14. The molecule has 2 aromatic rings. The van der Waals surface area contributed by atoms with Crippen LogP contribution in [0.1, 0.15) is 16.1 Å². The molecule has 0 fully saturated rings. The van der Waals surface area contributed by atoms with E-state index in [9.17, 15) is 9.18 Å². The van der Waals surface area contributed by atoms with Gasteiger partial charge in [-0.05, 0) is 51.8 Å². The first-order valence-corrected chi connectivity index (χ1v) is 6.73. The summed E-state index contributed by atoms with van der Waals surface area (Å²) in [6, 6.07) is 7.82. The average molecular weight is 373 g/mol. The summed E-state index contributed by atoms with van der Waals surface area (Å²) in [7, 11) is 0. The van der Waals surface area contributed by atoms with Crippen molar-refractivity contribution in [3.05, 3.63) is 62.5 Å². The molecule has 0 aliphatic rings. The van der Waals surface area contributed by atoms with Crippen LogP contribution in [0.4, 0.5) is 4.39 Å². The summed E-state index contributed by atoms with van der Waals surface area (Å²) in [6.07, 6.45) is 1.69. The largest absolute Gasteiger partial charge is 0.292 e. The molecular formula is C13H8Br2FNO. The van der Waals surface area contributed by atoms with Gasteiger partial charge in [-0.15, -0.1) is 0 Å². The molecule has 18 heavy (non-hydrogen) atoms. The second-order valence-electron chi connectivity index (χ2n) is 3.74. The second-order valence-corrected chi connectivity index (χ2v) is 5.57. The van der Waals surface area contributed by atoms with Crippen LogP contribution in [0.25, 0.3) is 0 Å². The topological polar surface area (TPSA) is 30.0 Å². The van der Waals surface area contributed by atoms with E-state index in [0.29, 0.717) is 15.7 Å². The van der Waals surface area contributed by atoms with Crippen LogP contribution >= 0.6 is 31.9 Å². The minimum Gasteiger partial charge on any atom is -0.292 e. The predicted molar refractivity (Wildman–Crippen MR) is 74.1 cm³/mol. The first-order chi connectivity index (χ1) is 8.54. The van der Waals surface area contributed by atoms with Crippen molar-refractivity contribution in [3.63, 3.8) is 0 Å². The van der Waals surface area contributed by atoms with Crippen molar-refractivity contribution in [2.24, 2.45) is 0 Å². The van der Waals surface area contributed by atoms with Crippen molar-refractivity contribution in [1.29, 1.82) is 0 Å². The Balaban J connectivity index is 2.18. The summed E-state index contributed by atoms with van der Waals surface area (Å²) in [4.78, 5) is 15.9. The van der Waals surface area contributed by atoms with Gasteiger partial charge in [0.15, 0.2) is 5.78 Å². The summed E-state index contributed by atoms with van der Waals surface area (Å²) in [5.41, 5.74) is 0.996. The van der Waals surface area contributed by atoms with E-state index >= 15 is 0 Å². The van der Waals surface area contributed by atoms with Crippen LogP contribution in [0.2, 0.25) is 0 Å². The molecule has 0 radical (unpaired) electrons. The molecule has 0 bridgehead atoms. The molecule has 0 amide bonds. The van der Waals surface area contributed by atoms with Crippen LogP contribution < -0.4 is 0 Å². The Morgan fingerprint density at radius 1 is 1.17 bits per heavy atom. The molecule has 92 valence electrons. The van der Waals surface area contributed by atoms with Crippen LogP contribution in [-0.2, 0) is 6.42 Å². The zero-order valence-corrected chi connectivity index (χ0v) is 12.3. The van der Waals surface area contributed by atoms with E-state index in [1.54, 1.807) is 24.4 Å². The number of benzene rings is 1. The lowest BCUT2D eigenvalue weighted by molar-refractivity contribution is 0.0988. The third kappa shape index (κ3) is 3.46. The summed E-state index contributed by atoms with van der Waals surface area (Å²) in [6.45, 7) is 0. The second kappa shape index (κ2) is 5.71. The van der Waals surface area contributed by atoms with Crippen molar-refractivity contribution < 1.29 is 9.18 Å². The van der Waals surface area contributed by atoms with Crippen LogP contribution in [0, 0.1) is 5.82 Å². The Labute approximate surface area is 121 Å². The quantitative estimate of drug-likeness (QED) is 0.757. The lowest BCUT2D eigenvalue weighted by Crippen LogP contribution is -2.06. The Hall–Kier alpha value is -1.07. The number of nitrogens with zero attached hydrogens (tertiary/aromatic N) is 1. The molecule has 2 rings (SSSR count). The molecule has 0 saturated heterocycles. The number of pyridine rings is 1. The number of ketones is 1. The van der Waals surface area contributed by atoms with E-state index in [0.717, 1.165) is 4.47 Å². The number of halogens is 3. The zero-order chi connectivity index (χ0) is 13.1. The molecule has 0 spiro atoms. The van der Waals surface area contributed by atoms with Gasteiger partial charge in [-0.25, -0.2) is 4.39 Å². The Kier molecular flexibility index (Phi) is 4.24. The normalized spacial score (nSPS) is 10.4. The first kappa shape index (κ1) is 13.4. The van der Waals surface area contributed by atoms with Gasteiger partial charge in [0.05, 0.1) is 0 Å². The van der Waals surface area contributed by atoms with Crippen molar-refractivity contribution in [3.8, 4) is 0 Å². The minimum atomic E-state index is -0.365. The fourth-order valence-electron chi connectivity index (χ4n) is 1.53. The van der Waals surface area contributed by atoms with Gasteiger partial charge in [0, 0.05) is 21.6 Å². The summed E-state index contributed by atoms with van der Waals surface area (Å²) in [5.74, 6) is -0.504. The number of aromatic nitrogens is 1. The fraction of sp³-hybridized carbons (Fsp3) is 0.0769. The van der Waals surface area contributed by atoms with E-state index in [4.69, 9.17) is 0 Å². The van der Waals surface area contributed by atoms with E-state index < -0.39 is 0 Å². The Bertz CT molecular complexity index is 564. The monoisotopic (exact) mass is 371 g/mol. The number of carbonyl (C=O) groups excluding carboxylic acids is 1. The molecule has 0 N–H and O–H groups in total. The lowest BCUT2D eigenvalue weighted by Gasteiger charge is -2.02.